The zero-order valence-corrected chi connectivity index (χ0v) is 10.7. The van der Waals surface area contributed by atoms with Gasteiger partial charge in [0.15, 0.2) is 0 Å². The highest BCUT2D eigenvalue weighted by Crippen LogP contribution is 2.24. The Morgan fingerprint density at radius 1 is 1.47 bits per heavy atom. The number of pyridine rings is 1. The fourth-order valence-electron chi connectivity index (χ4n) is 1.95. The van der Waals surface area contributed by atoms with E-state index in [1.54, 1.807) is 0 Å². The fraction of sp³-hybridized carbons (Fsp3) is 0.500. The topological polar surface area (TPSA) is 62.4 Å². The highest BCUT2D eigenvalue weighted by molar-refractivity contribution is 7.80. The van der Waals surface area contributed by atoms with E-state index >= 15 is 0 Å². The van der Waals surface area contributed by atoms with Crippen LogP contribution in [0.1, 0.15) is 25.5 Å². The molecule has 4 nitrogen and oxygen atoms in total. The third-order valence-corrected chi connectivity index (χ3v) is 3.36. The molecule has 3 N–H and O–H groups in total. The van der Waals surface area contributed by atoms with E-state index < -0.39 is 5.60 Å². The van der Waals surface area contributed by atoms with Crippen LogP contribution in [0, 0.1) is 0 Å². The van der Waals surface area contributed by atoms with Gasteiger partial charge in [-0.15, -0.1) is 0 Å². The smallest absolute Gasteiger partial charge is 0.129 e. The first kappa shape index (κ1) is 12.3. The lowest BCUT2D eigenvalue weighted by Crippen LogP contribution is -2.42. The summed E-state index contributed by atoms with van der Waals surface area (Å²) in [4.78, 5) is 6.89. The van der Waals surface area contributed by atoms with Crippen LogP contribution in [0.25, 0.3) is 0 Å². The summed E-state index contributed by atoms with van der Waals surface area (Å²) in [6, 6.07) is 5.66. The second-order valence-corrected chi connectivity index (χ2v) is 5.17. The van der Waals surface area contributed by atoms with E-state index in [0.717, 1.165) is 31.7 Å². The number of hydrogen-bond acceptors (Lipinski definition) is 4. The molecule has 1 fully saturated rings. The number of hydrogen-bond donors (Lipinski definition) is 2. The van der Waals surface area contributed by atoms with Crippen molar-refractivity contribution in [2.75, 3.05) is 18.0 Å². The van der Waals surface area contributed by atoms with Gasteiger partial charge in [-0.1, -0.05) is 18.3 Å². The molecule has 1 aliphatic heterocycles. The van der Waals surface area contributed by atoms with Gasteiger partial charge in [0.25, 0.3) is 0 Å². The zero-order valence-electron chi connectivity index (χ0n) is 9.89. The van der Waals surface area contributed by atoms with Crippen LogP contribution in [-0.2, 0) is 0 Å². The van der Waals surface area contributed by atoms with E-state index in [9.17, 15) is 5.11 Å². The first-order valence-corrected chi connectivity index (χ1v) is 6.13. The minimum absolute atomic E-state index is 0.316. The van der Waals surface area contributed by atoms with Crippen molar-refractivity contribution in [1.29, 1.82) is 0 Å². The Kier molecular flexibility index (Phi) is 3.31. The lowest BCUT2D eigenvalue weighted by Gasteiger charge is -2.36. The summed E-state index contributed by atoms with van der Waals surface area (Å²) in [5.41, 5.74) is 5.67. The van der Waals surface area contributed by atoms with Crippen LogP contribution in [0.3, 0.4) is 0 Å². The maximum Gasteiger partial charge on any atom is 0.129 e. The predicted molar refractivity (Wildman–Crippen MR) is 72.2 cm³/mol. The highest BCUT2D eigenvalue weighted by atomic mass is 32.1. The van der Waals surface area contributed by atoms with E-state index in [2.05, 4.69) is 9.88 Å². The maximum atomic E-state index is 9.89. The molecule has 1 aliphatic rings. The van der Waals surface area contributed by atoms with Gasteiger partial charge in [-0.05, 0) is 31.9 Å². The summed E-state index contributed by atoms with van der Waals surface area (Å²) in [6.07, 6.45) is 1.51. The van der Waals surface area contributed by atoms with Crippen LogP contribution in [0.2, 0.25) is 0 Å². The minimum atomic E-state index is -0.544. The summed E-state index contributed by atoms with van der Waals surface area (Å²) in [5.74, 6) is 0.880. The summed E-state index contributed by atoms with van der Waals surface area (Å²) in [6.45, 7) is 3.49. The Morgan fingerprint density at radius 3 is 2.71 bits per heavy atom. The zero-order chi connectivity index (χ0) is 12.5. The molecule has 0 unspecified atom stereocenters. The maximum absolute atomic E-state index is 9.89. The van der Waals surface area contributed by atoms with Crippen LogP contribution < -0.4 is 10.6 Å². The van der Waals surface area contributed by atoms with E-state index in [4.69, 9.17) is 18.0 Å². The molecule has 1 aromatic heterocycles. The Morgan fingerprint density at radius 2 is 2.12 bits per heavy atom. The van der Waals surface area contributed by atoms with E-state index in [1.807, 2.05) is 25.1 Å². The van der Waals surface area contributed by atoms with Gasteiger partial charge in [-0.2, -0.15) is 0 Å². The number of piperidine rings is 1. The Labute approximate surface area is 106 Å². The lowest BCUT2D eigenvalue weighted by molar-refractivity contribution is 0.0350. The van der Waals surface area contributed by atoms with Crippen LogP contribution in [0.4, 0.5) is 5.82 Å². The lowest BCUT2D eigenvalue weighted by atomic mass is 9.94. The number of nitrogens with zero attached hydrogens (tertiary/aromatic N) is 2. The number of rotatable bonds is 2. The summed E-state index contributed by atoms with van der Waals surface area (Å²) >= 11 is 4.92. The molecule has 0 aliphatic carbocycles. The molecule has 2 heterocycles. The van der Waals surface area contributed by atoms with Crippen molar-refractivity contribution in [3.63, 3.8) is 0 Å². The van der Waals surface area contributed by atoms with Gasteiger partial charge >= 0.3 is 0 Å². The molecule has 1 saturated heterocycles. The second-order valence-electron chi connectivity index (χ2n) is 4.73. The van der Waals surface area contributed by atoms with Crippen LogP contribution in [-0.4, -0.2) is 33.8 Å². The molecular weight excluding hydrogens is 234 g/mol. The van der Waals surface area contributed by atoms with Gasteiger partial charge < -0.3 is 15.7 Å². The molecule has 0 aromatic carbocycles. The minimum Gasteiger partial charge on any atom is -0.390 e. The van der Waals surface area contributed by atoms with E-state index in [-0.39, 0.29) is 0 Å². The van der Waals surface area contributed by atoms with Crippen molar-refractivity contribution in [3.05, 3.63) is 23.9 Å². The molecule has 92 valence electrons. The van der Waals surface area contributed by atoms with Gasteiger partial charge in [-0.25, -0.2) is 4.98 Å². The highest BCUT2D eigenvalue weighted by Gasteiger charge is 2.27. The molecular formula is C12H17N3OS. The molecule has 5 heteroatoms. The molecule has 2 rings (SSSR count). The SMILES string of the molecule is CC1(O)CCN(c2cccc(C(N)=S)n2)CC1. The van der Waals surface area contributed by atoms with Crippen molar-refractivity contribution in [2.24, 2.45) is 5.73 Å². The first-order valence-electron chi connectivity index (χ1n) is 5.72. The molecule has 0 atom stereocenters. The van der Waals surface area contributed by atoms with Gasteiger partial charge in [0, 0.05) is 13.1 Å². The Hall–Kier alpha value is -1.20. The number of aromatic nitrogens is 1. The average Bonchev–Trinajstić information content (AvgIpc) is 2.29. The molecule has 17 heavy (non-hydrogen) atoms. The first-order chi connectivity index (χ1) is 7.98. The molecule has 1 aromatic rings. The van der Waals surface area contributed by atoms with Crippen LogP contribution >= 0.6 is 12.2 Å². The third-order valence-electron chi connectivity index (χ3n) is 3.15. The molecule has 0 spiro atoms. The van der Waals surface area contributed by atoms with Gasteiger partial charge in [0.2, 0.25) is 0 Å². The van der Waals surface area contributed by atoms with Gasteiger partial charge in [0.1, 0.15) is 10.8 Å². The summed E-state index contributed by atoms with van der Waals surface area (Å²) in [5, 5.41) is 9.89. The summed E-state index contributed by atoms with van der Waals surface area (Å²) in [7, 11) is 0. The Bertz CT molecular complexity index is 424. The number of thiocarbonyl (C=S) groups is 1. The van der Waals surface area contributed by atoms with Crippen molar-refractivity contribution in [2.45, 2.75) is 25.4 Å². The third kappa shape index (κ3) is 2.92. The van der Waals surface area contributed by atoms with E-state index in [1.165, 1.54) is 0 Å². The number of nitrogens with two attached hydrogens (primary N) is 1. The fourth-order valence-corrected chi connectivity index (χ4v) is 2.07. The largest absolute Gasteiger partial charge is 0.390 e. The van der Waals surface area contributed by atoms with Gasteiger partial charge in [-0.3, -0.25) is 0 Å². The van der Waals surface area contributed by atoms with Crippen molar-refractivity contribution < 1.29 is 5.11 Å². The molecule has 0 bridgehead atoms. The Balaban J connectivity index is 2.13. The monoisotopic (exact) mass is 251 g/mol. The predicted octanol–water partition coefficient (Wildman–Crippen LogP) is 1.07. The average molecular weight is 251 g/mol. The molecule has 0 radical (unpaired) electrons. The molecule has 0 amide bonds. The standard InChI is InChI=1S/C12H17N3OS/c1-12(16)5-7-15(8-6-12)10-4-2-3-9(14-10)11(13)17/h2-4,16H,5-8H2,1H3,(H2,13,17). The quantitative estimate of drug-likeness (QED) is 0.770. The summed E-state index contributed by atoms with van der Waals surface area (Å²) < 4.78 is 0. The van der Waals surface area contributed by atoms with E-state index in [0.29, 0.717) is 10.7 Å². The molecule has 0 saturated carbocycles. The second kappa shape index (κ2) is 4.58. The number of anilines is 1. The van der Waals surface area contributed by atoms with Crippen LogP contribution in [0.5, 0.6) is 0 Å². The van der Waals surface area contributed by atoms with Crippen molar-refractivity contribution in [1.82, 2.24) is 4.98 Å². The van der Waals surface area contributed by atoms with Crippen LogP contribution in [0.15, 0.2) is 18.2 Å². The normalized spacial score (nSPS) is 19.1. The number of aliphatic hydroxyl groups is 1. The van der Waals surface area contributed by atoms with Gasteiger partial charge in [0.05, 0.1) is 11.3 Å². The van der Waals surface area contributed by atoms with Crippen molar-refractivity contribution >= 4 is 23.0 Å². The van der Waals surface area contributed by atoms with Crippen molar-refractivity contribution in [3.8, 4) is 0 Å².